The van der Waals surface area contributed by atoms with E-state index in [4.69, 9.17) is 11.5 Å². The van der Waals surface area contributed by atoms with E-state index in [1.165, 1.54) is 0 Å². The maximum absolute atomic E-state index is 5.71. The van der Waals surface area contributed by atoms with Gasteiger partial charge in [-0.1, -0.05) is 19.2 Å². The molecule has 84 valence electrons. The Hall–Kier alpha value is -1.96. The van der Waals surface area contributed by atoms with Crippen molar-refractivity contribution in [3.63, 3.8) is 0 Å². The number of aryl methyl sites for hydroxylation is 1. The molecule has 1 rings (SSSR count). The number of anilines is 1. The highest BCUT2D eigenvalue weighted by molar-refractivity contribution is 5.79. The number of hydrogen-bond donors (Lipinski definition) is 2. The average Bonchev–Trinajstić information content (AvgIpc) is 2.15. The maximum Gasteiger partial charge on any atom is 0.0317 e. The van der Waals surface area contributed by atoms with Gasteiger partial charge in [-0.15, -0.1) is 0 Å². The Kier molecular flexibility index (Phi) is 3.56. The molecule has 0 amide bonds. The van der Waals surface area contributed by atoms with Gasteiger partial charge in [-0.25, -0.2) is 0 Å². The third-order valence-electron chi connectivity index (χ3n) is 2.45. The lowest BCUT2D eigenvalue weighted by Gasteiger charge is -2.10. The van der Waals surface area contributed by atoms with Crippen LogP contribution < -0.4 is 11.5 Å². The van der Waals surface area contributed by atoms with Crippen LogP contribution in [0.15, 0.2) is 48.7 Å². The highest BCUT2D eigenvalue weighted by atomic mass is 14.5. The molecular formula is C14H18N2. The van der Waals surface area contributed by atoms with Gasteiger partial charge >= 0.3 is 0 Å². The molecule has 0 unspecified atom stereocenters. The van der Waals surface area contributed by atoms with Crippen LogP contribution in [0.1, 0.15) is 18.1 Å². The van der Waals surface area contributed by atoms with Crippen molar-refractivity contribution in [2.75, 3.05) is 5.73 Å². The summed E-state index contributed by atoms with van der Waals surface area (Å²) in [7, 11) is 0. The van der Waals surface area contributed by atoms with E-state index in [0.717, 1.165) is 28.0 Å². The van der Waals surface area contributed by atoms with Gasteiger partial charge in [0.15, 0.2) is 0 Å². The summed E-state index contributed by atoms with van der Waals surface area (Å²) in [4.78, 5) is 0. The largest absolute Gasteiger partial charge is 0.399 e. The van der Waals surface area contributed by atoms with Crippen molar-refractivity contribution < 1.29 is 0 Å². The molecule has 1 aromatic rings. The fourth-order valence-corrected chi connectivity index (χ4v) is 1.60. The Morgan fingerprint density at radius 1 is 1.31 bits per heavy atom. The molecular weight excluding hydrogens is 196 g/mol. The summed E-state index contributed by atoms with van der Waals surface area (Å²) in [5, 5.41) is 0. The zero-order chi connectivity index (χ0) is 12.3. The Bertz CT molecular complexity index is 468. The second-order valence-corrected chi connectivity index (χ2v) is 3.96. The molecule has 0 bridgehead atoms. The van der Waals surface area contributed by atoms with Gasteiger partial charge < -0.3 is 11.5 Å². The molecule has 2 nitrogen and oxygen atoms in total. The summed E-state index contributed by atoms with van der Waals surface area (Å²) < 4.78 is 0. The fraction of sp³-hybridized carbons (Fsp3) is 0.143. The van der Waals surface area contributed by atoms with Crippen LogP contribution in [-0.4, -0.2) is 0 Å². The first-order chi connectivity index (χ1) is 7.41. The first-order valence-electron chi connectivity index (χ1n) is 5.10. The van der Waals surface area contributed by atoms with Crippen LogP contribution in [0.2, 0.25) is 0 Å². The van der Waals surface area contributed by atoms with Crippen LogP contribution in [0.5, 0.6) is 0 Å². The molecule has 0 radical (unpaired) electrons. The van der Waals surface area contributed by atoms with E-state index >= 15 is 0 Å². The second-order valence-electron chi connectivity index (χ2n) is 3.96. The van der Waals surface area contributed by atoms with Crippen molar-refractivity contribution in [2.24, 2.45) is 5.73 Å². The first kappa shape index (κ1) is 12.1. The molecule has 2 heteroatoms. The molecule has 0 aromatic heterocycles. The topological polar surface area (TPSA) is 52.0 Å². The monoisotopic (exact) mass is 214 g/mol. The highest BCUT2D eigenvalue weighted by Gasteiger charge is 2.04. The minimum Gasteiger partial charge on any atom is -0.399 e. The molecule has 1 aromatic carbocycles. The van der Waals surface area contributed by atoms with Crippen molar-refractivity contribution in [1.29, 1.82) is 0 Å². The molecule has 0 aliphatic rings. The average molecular weight is 214 g/mol. The third-order valence-corrected chi connectivity index (χ3v) is 2.45. The van der Waals surface area contributed by atoms with Crippen molar-refractivity contribution in [3.8, 4) is 0 Å². The van der Waals surface area contributed by atoms with Crippen molar-refractivity contribution in [1.82, 2.24) is 0 Å². The van der Waals surface area contributed by atoms with E-state index in [1.54, 1.807) is 0 Å². The van der Waals surface area contributed by atoms with E-state index in [9.17, 15) is 0 Å². The van der Waals surface area contributed by atoms with Gasteiger partial charge in [0, 0.05) is 11.4 Å². The maximum atomic E-state index is 5.71. The lowest BCUT2D eigenvalue weighted by molar-refractivity contribution is 1.37. The minimum atomic E-state index is 0.534. The number of benzene rings is 1. The quantitative estimate of drug-likeness (QED) is 0.600. The number of rotatable bonds is 3. The Balaban J connectivity index is 3.10. The molecule has 0 aliphatic heterocycles. The molecule has 0 saturated heterocycles. The minimum absolute atomic E-state index is 0.534. The predicted molar refractivity (Wildman–Crippen MR) is 71.7 cm³/mol. The Labute approximate surface area is 97.0 Å². The predicted octanol–water partition coefficient (Wildman–Crippen LogP) is 3.01. The molecule has 0 atom stereocenters. The highest BCUT2D eigenvalue weighted by Crippen LogP contribution is 2.25. The molecule has 0 aliphatic carbocycles. The van der Waals surface area contributed by atoms with E-state index in [2.05, 4.69) is 13.2 Å². The summed E-state index contributed by atoms with van der Waals surface area (Å²) in [6.07, 6.45) is 1.82. The number of nitrogen functional groups attached to an aromatic ring is 1. The normalized spacial score (nSPS) is 11.2. The molecule has 0 saturated carbocycles. The lowest BCUT2D eigenvalue weighted by Crippen LogP contribution is -1.95. The molecule has 16 heavy (non-hydrogen) atoms. The van der Waals surface area contributed by atoms with Crippen molar-refractivity contribution in [2.45, 2.75) is 13.8 Å². The van der Waals surface area contributed by atoms with Gasteiger partial charge in [0.1, 0.15) is 0 Å². The first-order valence-corrected chi connectivity index (χ1v) is 5.10. The zero-order valence-corrected chi connectivity index (χ0v) is 9.88. The third kappa shape index (κ3) is 2.76. The summed E-state index contributed by atoms with van der Waals surface area (Å²) >= 11 is 0. The second kappa shape index (κ2) is 4.71. The summed E-state index contributed by atoms with van der Waals surface area (Å²) in [5.41, 5.74) is 16.7. The SMILES string of the molecule is C=C(N)/C=C(/C)C(=C)c1ccc(N)cc1C. The number of allylic oxidation sites excluding steroid dienone is 3. The van der Waals surface area contributed by atoms with Gasteiger partial charge in [-0.3, -0.25) is 0 Å². The standard InChI is InChI=1S/C14H18N2/c1-9(7-11(3)15)12(4)14-6-5-13(16)8-10(14)2/h5-8H,3-4,15-16H2,1-2H3/b9-7-. The van der Waals surface area contributed by atoms with Crippen LogP contribution in [0.3, 0.4) is 0 Å². The fourth-order valence-electron chi connectivity index (χ4n) is 1.60. The van der Waals surface area contributed by atoms with Crippen molar-refractivity contribution >= 4 is 11.3 Å². The molecule has 0 heterocycles. The summed E-state index contributed by atoms with van der Waals surface area (Å²) in [6, 6.07) is 5.78. The summed E-state index contributed by atoms with van der Waals surface area (Å²) in [6.45, 7) is 11.7. The van der Waals surface area contributed by atoms with Crippen LogP contribution in [0, 0.1) is 6.92 Å². The van der Waals surface area contributed by atoms with E-state index in [-0.39, 0.29) is 0 Å². The van der Waals surface area contributed by atoms with Crippen molar-refractivity contribution in [3.05, 3.63) is 59.8 Å². The van der Waals surface area contributed by atoms with Crippen LogP contribution in [-0.2, 0) is 0 Å². The summed E-state index contributed by atoms with van der Waals surface area (Å²) in [5.74, 6) is 0. The van der Waals surface area contributed by atoms with Crippen LogP contribution in [0.25, 0.3) is 5.57 Å². The van der Waals surface area contributed by atoms with Gasteiger partial charge in [0.25, 0.3) is 0 Å². The van der Waals surface area contributed by atoms with Gasteiger partial charge in [0.05, 0.1) is 0 Å². The number of hydrogen-bond acceptors (Lipinski definition) is 2. The zero-order valence-electron chi connectivity index (χ0n) is 9.88. The van der Waals surface area contributed by atoms with Crippen LogP contribution in [0.4, 0.5) is 5.69 Å². The van der Waals surface area contributed by atoms with E-state index in [1.807, 2.05) is 38.1 Å². The molecule has 0 spiro atoms. The van der Waals surface area contributed by atoms with E-state index in [0.29, 0.717) is 5.70 Å². The van der Waals surface area contributed by atoms with Gasteiger partial charge in [0.2, 0.25) is 0 Å². The van der Waals surface area contributed by atoms with E-state index < -0.39 is 0 Å². The molecule has 4 N–H and O–H groups in total. The smallest absolute Gasteiger partial charge is 0.0317 e. The Morgan fingerprint density at radius 3 is 2.44 bits per heavy atom. The van der Waals surface area contributed by atoms with Gasteiger partial charge in [-0.05, 0) is 54.3 Å². The lowest BCUT2D eigenvalue weighted by atomic mass is 9.96. The van der Waals surface area contributed by atoms with Gasteiger partial charge in [-0.2, -0.15) is 0 Å². The molecule has 0 fully saturated rings. The van der Waals surface area contributed by atoms with Crippen LogP contribution >= 0.6 is 0 Å². The Morgan fingerprint density at radius 2 is 1.94 bits per heavy atom. The number of nitrogens with two attached hydrogens (primary N) is 2.